The number of Topliss-reactive ketones (excluding diaryl/α,β-unsaturated/α-hetero) is 1. The normalized spacial score (nSPS) is 11.8. The van der Waals surface area contributed by atoms with Crippen molar-refractivity contribution < 1.29 is 23.9 Å². The summed E-state index contributed by atoms with van der Waals surface area (Å²) >= 11 is 0. The predicted octanol–water partition coefficient (Wildman–Crippen LogP) is -0.277. The van der Waals surface area contributed by atoms with Gasteiger partial charge < -0.3 is 9.47 Å². The van der Waals surface area contributed by atoms with E-state index in [1.54, 1.807) is 0 Å². The third-order valence-corrected chi connectivity index (χ3v) is 1.31. The van der Waals surface area contributed by atoms with Gasteiger partial charge in [0.05, 0.1) is 0 Å². The van der Waals surface area contributed by atoms with Gasteiger partial charge in [-0.25, -0.2) is 4.79 Å². The third kappa shape index (κ3) is 5.08. The van der Waals surface area contributed by atoms with Crippen molar-refractivity contribution >= 4 is 18.0 Å². The number of hydrogen-bond acceptors (Lipinski definition) is 5. The standard InChI is InChI=1S/C8H12O5/c1-6(10)5-7(12-2)8(11)13-4-3-9/h3,7H,4-5H2,1-2H3. The van der Waals surface area contributed by atoms with Gasteiger partial charge in [-0.3, -0.25) is 9.59 Å². The Morgan fingerprint density at radius 2 is 2.08 bits per heavy atom. The lowest BCUT2D eigenvalue weighted by molar-refractivity contribution is -0.158. The van der Waals surface area contributed by atoms with Gasteiger partial charge in [0.2, 0.25) is 0 Å². The third-order valence-electron chi connectivity index (χ3n) is 1.31. The van der Waals surface area contributed by atoms with Crippen molar-refractivity contribution in [2.45, 2.75) is 19.4 Å². The lowest BCUT2D eigenvalue weighted by Gasteiger charge is -2.11. The quantitative estimate of drug-likeness (QED) is 0.423. The summed E-state index contributed by atoms with van der Waals surface area (Å²) in [4.78, 5) is 31.5. The largest absolute Gasteiger partial charge is 0.456 e. The Morgan fingerprint density at radius 3 is 2.46 bits per heavy atom. The van der Waals surface area contributed by atoms with Crippen LogP contribution >= 0.6 is 0 Å². The number of carbonyl (C=O) groups excluding carboxylic acids is 3. The van der Waals surface area contributed by atoms with Crippen LogP contribution in [0, 0.1) is 0 Å². The van der Waals surface area contributed by atoms with Crippen LogP contribution in [-0.2, 0) is 23.9 Å². The zero-order valence-electron chi connectivity index (χ0n) is 7.61. The first-order valence-electron chi connectivity index (χ1n) is 3.74. The molecule has 0 aliphatic rings. The summed E-state index contributed by atoms with van der Waals surface area (Å²) in [6.45, 7) is 1.04. The molecule has 0 aromatic heterocycles. The van der Waals surface area contributed by atoms with Crippen molar-refractivity contribution in [1.29, 1.82) is 0 Å². The zero-order valence-corrected chi connectivity index (χ0v) is 7.61. The van der Waals surface area contributed by atoms with Gasteiger partial charge in [0.25, 0.3) is 0 Å². The molecule has 1 unspecified atom stereocenters. The highest BCUT2D eigenvalue weighted by Gasteiger charge is 2.20. The van der Waals surface area contributed by atoms with Crippen LogP contribution in [0.3, 0.4) is 0 Å². The Kier molecular flexibility index (Phi) is 5.71. The van der Waals surface area contributed by atoms with Gasteiger partial charge in [-0.15, -0.1) is 0 Å². The van der Waals surface area contributed by atoms with Crippen LogP contribution in [0.5, 0.6) is 0 Å². The molecule has 0 radical (unpaired) electrons. The molecule has 0 amide bonds. The fourth-order valence-electron chi connectivity index (χ4n) is 0.733. The van der Waals surface area contributed by atoms with Crippen LogP contribution < -0.4 is 0 Å². The van der Waals surface area contributed by atoms with E-state index in [0.29, 0.717) is 6.29 Å². The molecule has 5 nitrogen and oxygen atoms in total. The highest BCUT2D eigenvalue weighted by Crippen LogP contribution is 2.00. The molecule has 0 saturated heterocycles. The number of hydrogen-bond donors (Lipinski definition) is 0. The molecular formula is C8H12O5. The van der Waals surface area contributed by atoms with E-state index in [9.17, 15) is 14.4 Å². The summed E-state index contributed by atoms with van der Waals surface area (Å²) in [6.07, 6.45) is -0.482. The molecule has 0 aromatic rings. The lowest BCUT2D eigenvalue weighted by atomic mass is 10.2. The topological polar surface area (TPSA) is 69.7 Å². The van der Waals surface area contributed by atoms with Gasteiger partial charge in [0, 0.05) is 13.5 Å². The smallest absolute Gasteiger partial charge is 0.336 e. The van der Waals surface area contributed by atoms with Gasteiger partial charge >= 0.3 is 5.97 Å². The van der Waals surface area contributed by atoms with E-state index < -0.39 is 12.1 Å². The van der Waals surface area contributed by atoms with E-state index in [-0.39, 0.29) is 18.8 Å². The van der Waals surface area contributed by atoms with E-state index in [1.165, 1.54) is 14.0 Å². The average Bonchev–Trinajstić information content (AvgIpc) is 2.09. The van der Waals surface area contributed by atoms with Crippen LogP contribution in [-0.4, -0.2) is 37.9 Å². The molecule has 0 spiro atoms. The maximum atomic E-state index is 11.0. The second kappa shape index (κ2) is 6.30. The van der Waals surface area contributed by atoms with Crippen molar-refractivity contribution in [3.05, 3.63) is 0 Å². The van der Waals surface area contributed by atoms with Gasteiger partial charge in [-0.2, -0.15) is 0 Å². The minimum Gasteiger partial charge on any atom is -0.456 e. The zero-order chi connectivity index (χ0) is 10.3. The van der Waals surface area contributed by atoms with E-state index in [0.717, 1.165) is 0 Å². The summed E-state index contributed by atoms with van der Waals surface area (Å²) < 4.78 is 9.17. The number of ether oxygens (including phenoxy) is 2. The summed E-state index contributed by atoms with van der Waals surface area (Å²) in [6, 6.07) is 0. The average molecular weight is 188 g/mol. The van der Waals surface area contributed by atoms with Gasteiger partial charge in [0.15, 0.2) is 12.4 Å². The van der Waals surface area contributed by atoms with Crippen LogP contribution in [0.15, 0.2) is 0 Å². The summed E-state index contributed by atoms with van der Waals surface area (Å²) in [5, 5.41) is 0. The molecule has 5 heteroatoms. The first-order valence-corrected chi connectivity index (χ1v) is 3.74. The molecule has 0 aliphatic carbocycles. The van der Waals surface area contributed by atoms with E-state index >= 15 is 0 Å². The Hall–Kier alpha value is -1.23. The SMILES string of the molecule is COC(CC(C)=O)C(=O)OCC=O. The molecule has 13 heavy (non-hydrogen) atoms. The summed E-state index contributed by atoms with van der Waals surface area (Å²) in [7, 11) is 1.30. The molecule has 0 bridgehead atoms. The molecule has 0 heterocycles. The molecular weight excluding hydrogens is 176 g/mol. The number of aldehydes is 1. The monoisotopic (exact) mass is 188 g/mol. The minimum absolute atomic E-state index is 0.0335. The molecule has 0 aromatic carbocycles. The van der Waals surface area contributed by atoms with E-state index in [2.05, 4.69) is 4.74 Å². The molecule has 0 N–H and O–H groups in total. The molecule has 0 saturated carbocycles. The summed E-state index contributed by atoms with van der Waals surface area (Å²) in [5.74, 6) is -0.861. The maximum Gasteiger partial charge on any atom is 0.336 e. The highest BCUT2D eigenvalue weighted by atomic mass is 16.6. The number of carbonyl (C=O) groups is 3. The fourth-order valence-corrected chi connectivity index (χ4v) is 0.733. The molecule has 0 fully saturated rings. The van der Waals surface area contributed by atoms with Crippen molar-refractivity contribution in [3.8, 4) is 0 Å². The molecule has 0 rings (SSSR count). The minimum atomic E-state index is -0.905. The van der Waals surface area contributed by atoms with Crippen LogP contribution in [0.25, 0.3) is 0 Å². The second-order valence-corrected chi connectivity index (χ2v) is 2.43. The molecule has 0 aliphatic heterocycles. The first-order chi connectivity index (χ1) is 6.11. The number of esters is 1. The van der Waals surface area contributed by atoms with E-state index in [4.69, 9.17) is 4.74 Å². The van der Waals surface area contributed by atoms with Gasteiger partial charge in [-0.05, 0) is 6.92 Å². The summed E-state index contributed by atoms with van der Waals surface area (Å²) in [5.41, 5.74) is 0. The number of methoxy groups -OCH3 is 1. The Labute approximate surface area is 76.0 Å². The second-order valence-electron chi connectivity index (χ2n) is 2.43. The Morgan fingerprint density at radius 1 is 1.46 bits per heavy atom. The van der Waals surface area contributed by atoms with Crippen LogP contribution in [0.4, 0.5) is 0 Å². The van der Waals surface area contributed by atoms with Gasteiger partial charge in [0.1, 0.15) is 12.4 Å². The highest BCUT2D eigenvalue weighted by molar-refractivity contribution is 5.84. The molecule has 1 atom stereocenters. The molecule has 74 valence electrons. The number of rotatable bonds is 6. The predicted molar refractivity (Wildman–Crippen MR) is 43.1 cm³/mol. The van der Waals surface area contributed by atoms with Crippen LogP contribution in [0.1, 0.15) is 13.3 Å². The van der Waals surface area contributed by atoms with E-state index in [1.807, 2.05) is 0 Å². The van der Waals surface area contributed by atoms with Gasteiger partial charge in [-0.1, -0.05) is 0 Å². The number of ketones is 1. The van der Waals surface area contributed by atoms with Crippen molar-refractivity contribution in [3.63, 3.8) is 0 Å². The maximum absolute atomic E-state index is 11.0. The van der Waals surface area contributed by atoms with Crippen molar-refractivity contribution in [2.24, 2.45) is 0 Å². The first kappa shape index (κ1) is 11.8. The van der Waals surface area contributed by atoms with Crippen molar-refractivity contribution in [1.82, 2.24) is 0 Å². The lowest BCUT2D eigenvalue weighted by Crippen LogP contribution is -2.28. The van der Waals surface area contributed by atoms with Crippen molar-refractivity contribution in [2.75, 3.05) is 13.7 Å². The fraction of sp³-hybridized carbons (Fsp3) is 0.625. The van der Waals surface area contributed by atoms with Crippen LogP contribution in [0.2, 0.25) is 0 Å². The Bertz CT molecular complexity index is 199. The Balaban J connectivity index is 3.98.